The van der Waals surface area contributed by atoms with Crippen molar-refractivity contribution in [2.24, 2.45) is 0 Å². The number of amides is 2. The van der Waals surface area contributed by atoms with Gasteiger partial charge in [-0.2, -0.15) is 0 Å². The highest BCUT2D eigenvalue weighted by Crippen LogP contribution is 2.27. The number of para-hydroxylation sites is 2. The number of aromatic nitrogens is 1. The Morgan fingerprint density at radius 2 is 1.48 bits per heavy atom. The molecule has 1 heterocycles. The summed E-state index contributed by atoms with van der Waals surface area (Å²) in [6.45, 7) is 5.44. The lowest BCUT2D eigenvalue weighted by molar-refractivity contribution is -0.114. The van der Waals surface area contributed by atoms with Crippen molar-refractivity contribution in [1.82, 2.24) is 4.98 Å². The molecule has 2 N–H and O–H groups in total. The molecule has 31 heavy (non-hydrogen) atoms. The Balaban J connectivity index is 1.76. The van der Waals surface area contributed by atoms with Gasteiger partial charge in [-0.05, 0) is 49.2 Å². The van der Waals surface area contributed by atoms with E-state index in [1.54, 1.807) is 0 Å². The van der Waals surface area contributed by atoms with Crippen LogP contribution in [0.4, 0.5) is 11.4 Å². The molecule has 4 rings (SSSR count). The zero-order valence-corrected chi connectivity index (χ0v) is 17.7. The van der Waals surface area contributed by atoms with Crippen LogP contribution in [0.5, 0.6) is 0 Å². The van der Waals surface area contributed by atoms with Crippen molar-refractivity contribution in [2.45, 2.75) is 20.8 Å². The zero-order chi connectivity index (χ0) is 22.0. The number of fused-ring (bicyclic) bond motifs is 1. The fraction of sp³-hybridized carbons (Fsp3) is 0.115. The van der Waals surface area contributed by atoms with Crippen molar-refractivity contribution in [2.75, 3.05) is 10.6 Å². The van der Waals surface area contributed by atoms with Crippen LogP contribution in [-0.4, -0.2) is 16.8 Å². The number of carbonyl (C=O) groups excluding carboxylic acids is 2. The summed E-state index contributed by atoms with van der Waals surface area (Å²) in [5.74, 6) is -0.297. The lowest BCUT2D eigenvalue weighted by atomic mass is 10.0. The van der Waals surface area contributed by atoms with Gasteiger partial charge >= 0.3 is 0 Å². The molecule has 0 aliphatic carbocycles. The van der Waals surface area contributed by atoms with Crippen LogP contribution in [0.25, 0.3) is 22.2 Å². The molecule has 154 valence electrons. The molecule has 0 aliphatic rings. The maximum Gasteiger partial charge on any atom is 0.256 e. The number of carbonyl (C=O) groups is 2. The molecule has 4 aromatic rings. The first-order valence-electron chi connectivity index (χ1n) is 10.1. The summed E-state index contributed by atoms with van der Waals surface area (Å²) in [4.78, 5) is 29.3. The third-order valence-electron chi connectivity index (χ3n) is 5.18. The number of hydrogen-bond acceptors (Lipinski definition) is 3. The molecular weight excluding hydrogens is 386 g/mol. The van der Waals surface area contributed by atoms with Crippen molar-refractivity contribution in [1.29, 1.82) is 0 Å². The summed E-state index contributed by atoms with van der Waals surface area (Å²) in [5, 5.41) is 6.64. The largest absolute Gasteiger partial charge is 0.326 e. The number of nitrogens with one attached hydrogen (secondary N) is 2. The summed E-state index contributed by atoms with van der Waals surface area (Å²) >= 11 is 0. The Hall–Kier alpha value is -3.99. The number of anilines is 2. The van der Waals surface area contributed by atoms with Crippen LogP contribution >= 0.6 is 0 Å². The molecule has 0 unspecified atom stereocenters. The Morgan fingerprint density at radius 1 is 0.806 bits per heavy atom. The minimum Gasteiger partial charge on any atom is -0.326 e. The van der Waals surface area contributed by atoms with Gasteiger partial charge in [-0.25, -0.2) is 4.98 Å². The van der Waals surface area contributed by atoms with Crippen LogP contribution in [0.2, 0.25) is 0 Å². The third-order valence-corrected chi connectivity index (χ3v) is 5.18. The van der Waals surface area contributed by atoms with Gasteiger partial charge in [0.1, 0.15) is 0 Å². The van der Waals surface area contributed by atoms with Crippen molar-refractivity contribution < 1.29 is 9.59 Å². The van der Waals surface area contributed by atoms with E-state index in [0.717, 1.165) is 33.3 Å². The molecule has 0 spiro atoms. The first-order valence-corrected chi connectivity index (χ1v) is 10.1. The number of hydrogen-bond donors (Lipinski definition) is 2. The Labute approximate surface area is 181 Å². The standard InChI is InChI=1S/C26H23N3O2/c1-16-7-6-8-17(2)25(16)29-26(31)22-15-24(28-23-10-5-4-9-21(22)23)19-11-13-20(14-12-19)27-18(3)30/h4-15H,1-3H3,(H,27,30)(H,29,31). The molecule has 0 saturated carbocycles. The van der Waals surface area contributed by atoms with Crippen LogP contribution in [0, 0.1) is 13.8 Å². The number of benzene rings is 3. The first kappa shape index (κ1) is 20.3. The van der Waals surface area contributed by atoms with Crippen LogP contribution in [0.1, 0.15) is 28.4 Å². The predicted molar refractivity (Wildman–Crippen MR) is 125 cm³/mol. The third kappa shape index (κ3) is 4.31. The summed E-state index contributed by atoms with van der Waals surface area (Å²) in [6.07, 6.45) is 0. The van der Waals surface area contributed by atoms with Gasteiger partial charge in [0, 0.05) is 29.2 Å². The molecule has 0 aliphatic heterocycles. The maximum absolute atomic E-state index is 13.3. The second-order valence-electron chi connectivity index (χ2n) is 7.55. The molecule has 0 radical (unpaired) electrons. The van der Waals surface area contributed by atoms with E-state index < -0.39 is 0 Å². The second-order valence-corrected chi connectivity index (χ2v) is 7.55. The number of rotatable bonds is 4. The molecule has 3 aromatic carbocycles. The second kappa shape index (κ2) is 8.40. The topological polar surface area (TPSA) is 71.1 Å². The lowest BCUT2D eigenvalue weighted by Crippen LogP contribution is -2.15. The Bertz CT molecular complexity index is 1270. The quantitative estimate of drug-likeness (QED) is 0.452. The highest BCUT2D eigenvalue weighted by Gasteiger charge is 2.16. The van der Waals surface area contributed by atoms with Crippen molar-refractivity contribution >= 4 is 34.1 Å². The van der Waals surface area contributed by atoms with E-state index in [0.29, 0.717) is 16.9 Å². The van der Waals surface area contributed by atoms with E-state index in [-0.39, 0.29) is 11.8 Å². The molecule has 5 nitrogen and oxygen atoms in total. The molecule has 2 amide bonds. The van der Waals surface area contributed by atoms with Gasteiger partial charge in [-0.15, -0.1) is 0 Å². The van der Waals surface area contributed by atoms with Gasteiger partial charge in [0.05, 0.1) is 16.8 Å². The molecule has 0 bridgehead atoms. The maximum atomic E-state index is 13.3. The Kier molecular flexibility index (Phi) is 5.50. The summed E-state index contributed by atoms with van der Waals surface area (Å²) in [6, 6.07) is 22.8. The first-order chi connectivity index (χ1) is 14.9. The summed E-state index contributed by atoms with van der Waals surface area (Å²) in [7, 11) is 0. The van der Waals surface area contributed by atoms with Crippen LogP contribution in [-0.2, 0) is 4.79 Å². The predicted octanol–water partition coefficient (Wildman–Crippen LogP) is 5.73. The molecule has 5 heteroatoms. The summed E-state index contributed by atoms with van der Waals surface area (Å²) in [5.41, 5.74) is 6.44. The van der Waals surface area contributed by atoms with Gasteiger partial charge in [0.15, 0.2) is 0 Å². The van der Waals surface area contributed by atoms with E-state index in [4.69, 9.17) is 4.98 Å². The lowest BCUT2D eigenvalue weighted by Gasteiger charge is -2.14. The highest BCUT2D eigenvalue weighted by atomic mass is 16.2. The van der Waals surface area contributed by atoms with Crippen molar-refractivity contribution in [3.05, 3.63) is 89.5 Å². The minimum atomic E-state index is -0.174. The van der Waals surface area contributed by atoms with Gasteiger partial charge in [0.2, 0.25) is 5.91 Å². The van der Waals surface area contributed by atoms with E-state index in [2.05, 4.69) is 10.6 Å². The molecule has 0 fully saturated rings. The van der Waals surface area contributed by atoms with Crippen molar-refractivity contribution in [3.8, 4) is 11.3 Å². The molecular formula is C26H23N3O2. The zero-order valence-electron chi connectivity index (χ0n) is 17.7. The average molecular weight is 409 g/mol. The smallest absolute Gasteiger partial charge is 0.256 e. The van der Waals surface area contributed by atoms with Crippen LogP contribution in [0.3, 0.4) is 0 Å². The average Bonchev–Trinajstić information content (AvgIpc) is 2.75. The number of pyridine rings is 1. The fourth-order valence-corrected chi connectivity index (χ4v) is 3.63. The SMILES string of the molecule is CC(=O)Nc1ccc(-c2cc(C(=O)Nc3c(C)cccc3C)c3ccccc3n2)cc1. The van der Waals surface area contributed by atoms with E-state index in [9.17, 15) is 9.59 Å². The molecule has 1 aromatic heterocycles. The van der Waals surface area contributed by atoms with Gasteiger partial charge in [-0.1, -0.05) is 48.5 Å². The normalized spacial score (nSPS) is 10.7. The van der Waals surface area contributed by atoms with Crippen LogP contribution < -0.4 is 10.6 Å². The molecule has 0 atom stereocenters. The van der Waals surface area contributed by atoms with Crippen LogP contribution in [0.15, 0.2) is 72.8 Å². The van der Waals surface area contributed by atoms with Crippen molar-refractivity contribution in [3.63, 3.8) is 0 Å². The molecule has 0 saturated heterocycles. The van der Waals surface area contributed by atoms with Gasteiger partial charge < -0.3 is 10.6 Å². The van der Waals surface area contributed by atoms with E-state index in [1.165, 1.54) is 6.92 Å². The number of nitrogens with zero attached hydrogens (tertiary/aromatic N) is 1. The fourth-order valence-electron chi connectivity index (χ4n) is 3.63. The summed E-state index contributed by atoms with van der Waals surface area (Å²) < 4.78 is 0. The number of aryl methyl sites for hydroxylation is 2. The van der Waals surface area contributed by atoms with Gasteiger partial charge in [0.25, 0.3) is 5.91 Å². The van der Waals surface area contributed by atoms with E-state index in [1.807, 2.05) is 86.6 Å². The van der Waals surface area contributed by atoms with Gasteiger partial charge in [-0.3, -0.25) is 9.59 Å². The van der Waals surface area contributed by atoms with E-state index >= 15 is 0 Å². The highest BCUT2D eigenvalue weighted by molar-refractivity contribution is 6.13. The Morgan fingerprint density at radius 3 is 2.16 bits per heavy atom. The minimum absolute atomic E-state index is 0.123. The monoisotopic (exact) mass is 409 g/mol.